The summed E-state index contributed by atoms with van der Waals surface area (Å²) in [6, 6.07) is 12.8. The molecule has 1 atom stereocenters. The van der Waals surface area contributed by atoms with Crippen LogP contribution in [-0.2, 0) is 26.5 Å². The number of sulfonamides is 2. The Morgan fingerprint density at radius 3 is 2.11 bits per heavy atom. The van der Waals surface area contributed by atoms with E-state index < -0.39 is 31.0 Å². The van der Waals surface area contributed by atoms with Gasteiger partial charge in [-0.1, -0.05) is 30.3 Å². The van der Waals surface area contributed by atoms with E-state index in [2.05, 4.69) is 9.44 Å². The van der Waals surface area contributed by atoms with Gasteiger partial charge in [0.2, 0.25) is 20.0 Å². The molecule has 0 aromatic heterocycles. The van der Waals surface area contributed by atoms with E-state index in [-0.39, 0.29) is 23.5 Å². The molecule has 2 rings (SSSR count). The molecule has 0 radical (unpaired) electrons. The van der Waals surface area contributed by atoms with Crippen molar-refractivity contribution in [3.8, 4) is 0 Å². The van der Waals surface area contributed by atoms with E-state index in [1.807, 2.05) is 18.2 Å². The standard InChI is InChI=1S/C16H19N3O6S2/c1-26(22,23)18-14(11-13-5-3-2-4-6-13)12-17-27(24,25)16-9-7-15(8-10-16)19(20)21/h2-10,14,17-18H,11-12H2,1H3/t14-/m0/s1. The van der Waals surface area contributed by atoms with Crippen LogP contribution in [0.15, 0.2) is 59.5 Å². The molecule has 0 spiro atoms. The highest BCUT2D eigenvalue weighted by molar-refractivity contribution is 7.89. The second-order valence-electron chi connectivity index (χ2n) is 5.88. The van der Waals surface area contributed by atoms with Crippen molar-refractivity contribution < 1.29 is 21.8 Å². The largest absolute Gasteiger partial charge is 0.269 e. The van der Waals surface area contributed by atoms with Crippen LogP contribution in [0.1, 0.15) is 5.56 Å². The zero-order valence-corrected chi connectivity index (χ0v) is 16.0. The summed E-state index contributed by atoms with van der Waals surface area (Å²) >= 11 is 0. The molecule has 0 aliphatic rings. The van der Waals surface area contributed by atoms with Crippen LogP contribution in [0.3, 0.4) is 0 Å². The number of hydrogen-bond acceptors (Lipinski definition) is 6. The SMILES string of the molecule is CS(=O)(=O)N[C@H](CNS(=O)(=O)c1ccc([N+](=O)[O-])cc1)Cc1ccccc1. The normalized spacial score (nSPS) is 13.2. The average Bonchev–Trinajstić information content (AvgIpc) is 2.59. The van der Waals surface area contributed by atoms with Crippen LogP contribution in [-0.4, -0.2) is 40.6 Å². The molecule has 0 saturated heterocycles. The Morgan fingerprint density at radius 1 is 1.00 bits per heavy atom. The van der Waals surface area contributed by atoms with Crippen molar-refractivity contribution in [3.63, 3.8) is 0 Å². The smallest absolute Gasteiger partial charge is 0.258 e. The van der Waals surface area contributed by atoms with Gasteiger partial charge in [0.25, 0.3) is 5.69 Å². The molecule has 2 N–H and O–H groups in total. The fourth-order valence-electron chi connectivity index (χ4n) is 2.40. The third kappa shape index (κ3) is 6.71. The zero-order chi connectivity index (χ0) is 20.1. The molecule has 0 unspecified atom stereocenters. The molecule has 0 bridgehead atoms. The van der Waals surface area contributed by atoms with E-state index >= 15 is 0 Å². The number of nitrogens with zero attached hydrogens (tertiary/aromatic N) is 1. The van der Waals surface area contributed by atoms with Crippen molar-refractivity contribution in [1.82, 2.24) is 9.44 Å². The van der Waals surface area contributed by atoms with E-state index in [0.29, 0.717) is 0 Å². The number of hydrogen-bond donors (Lipinski definition) is 2. The molecule has 0 saturated carbocycles. The van der Waals surface area contributed by atoms with Gasteiger partial charge in [-0.2, -0.15) is 0 Å². The lowest BCUT2D eigenvalue weighted by Crippen LogP contribution is -2.44. The lowest BCUT2D eigenvalue weighted by atomic mass is 10.1. The van der Waals surface area contributed by atoms with E-state index in [1.165, 1.54) is 0 Å². The van der Waals surface area contributed by atoms with Crippen LogP contribution < -0.4 is 9.44 Å². The van der Waals surface area contributed by atoms with Gasteiger partial charge in [0, 0.05) is 24.7 Å². The molecular weight excluding hydrogens is 394 g/mol. The first-order valence-electron chi connectivity index (χ1n) is 7.82. The molecule has 0 amide bonds. The molecular formula is C16H19N3O6S2. The summed E-state index contributed by atoms with van der Waals surface area (Å²) in [6.45, 7) is -0.179. The van der Waals surface area contributed by atoms with Crippen LogP contribution in [0.25, 0.3) is 0 Å². The van der Waals surface area contributed by atoms with E-state index in [4.69, 9.17) is 0 Å². The Hall–Kier alpha value is -2.34. The molecule has 9 nitrogen and oxygen atoms in total. The lowest BCUT2D eigenvalue weighted by molar-refractivity contribution is -0.384. The fraction of sp³-hybridized carbons (Fsp3) is 0.250. The summed E-state index contributed by atoms with van der Waals surface area (Å²) in [5.41, 5.74) is 0.614. The van der Waals surface area contributed by atoms with Gasteiger partial charge in [-0.15, -0.1) is 0 Å². The summed E-state index contributed by atoms with van der Waals surface area (Å²) < 4.78 is 52.7. The Labute approximate surface area is 157 Å². The minimum atomic E-state index is -3.95. The Morgan fingerprint density at radius 2 is 1.59 bits per heavy atom. The number of nitrogens with one attached hydrogen (secondary N) is 2. The highest BCUT2D eigenvalue weighted by Gasteiger charge is 2.20. The molecule has 0 fully saturated rings. The second kappa shape index (κ2) is 8.57. The fourth-order valence-corrected chi connectivity index (χ4v) is 4.25. The van der Waals surface area contributed by atoms with Crippen molar-refractivity contribution in [1.29, 1.82) is 0 Å². The van der Waals surface area contributed by atoms with Gasteiger partial charge in [-0.25, -0.2) is 26.3 Å². The van der Waals surface area contributed by atoms with Crippen LogP contribution in [0, 0.1) is 10.1 Å². The Kier molecular flexibility index (Phi) is 6.65. The van der Waals surface area contributed by atoms with Crippen LogP contribution in [0.4, 0.5) is 5.69 Å². The topological polar surface area (TPSA) is 135 Å². The first-order valence-corrected chi connectivity index (χ1v) is 11.2. The summed E-state index contributed by atoms with van der Waals surface area (Å²) in [4.78, 5) is 9.88. The second-order valence-corrected chi connectivity index (χ2v) is 9.43. The molecule has 2 aromatic rings. The van der Waals surface area contributed by atoms with Crippen LogP contribution >= 0.6 is 0 Å². The Balaban J connectivity index is 2.13. The van der Waals surface area contributed by atoms with Gasteiger partial charge < -0.3 is 0 Å². The highest BCUT2D eigenvalue weighted by Crippen LogP contribution is 2.15. The maximum Gasteiger partial charge on any atom is 0.269 e. The zero-order valence-electron chi connectivity index (χ0n) is 14.4. The highest BCUT2D eigenvalue weighted by atomic mass is 32.2. The van der Waals surface area contributed by atoms with Crippen LogP contribution in [0.5, 0.6) is 0 Å². The number of rotatable bonds is 9. The Bertz CT molecular complexity index is 990. The van der Waals surface area contributed by atoms with Gasteiger partial charge in [0.05, 0.1) is 16.1 Å². The molecule has 0 heterocycles. The number of benzene rings is 2. The summed E-state index contributed by atoms with van der Waals surface area (Å²) in [5.74, 6) is 0. The molecule has 0 aliphatic heterocycles. The molecule has 146 valence electrons. The predicted octanol–water partition coefficient (Wildman–Crippen LogP) is 1.03. The quantitative estimate of drug-likeness (QED) is 0.466. The number of non-ortho nitro benzene ring substituents is 1. The average molecular weight is 413 g/mol. The van der Waals surface area contributed by atoms with E-state index in [9.17, 15) is 26.9 Å². The monoisotopic (exact) mass is 413 g/mol. The first kappa shape index (κ1) is 21.0. The summed E-state index contributed by atoms with van der Waals surface area (Å²) in [5, 5.41) is 10.7. The van der Waals surface area contributed by atoms with Gasteiger partial charge in [-0.05, 0) is 24.1 Å². The van der Waals surface area contributed by atoms with Crippen molar-refractivity contribution in [3.05, 3.63) is 70.3 Å². The summed E-state index contributed by atoms with van der Waals surface area (Å²) in [7, 11) is -7.50. The molecule has 11 heteroatoms. The summed E-state index contributed by atoms with van der Waals surface area (Å²) in [6.07, 6.45) is 1.28. The van der Waals surface area contributed by atoms with Gasteiger partial charge >= 0.3 is 0 Å². The molecule has 2 aromatic carbocycles. The minimum Gasteiger partial charge on any atom is -0.258 e. The predicted molar refractivity (Wildman–Crippen MR) is 100 cm³/mol. The number of nitro benzene ring substituents is 1. The first-order chi connectivity index (χ1) is 12.6. The van der Waals surface area contributed by atoms with Crippen LogP contribution in [0.2, 0.25) is 0 Å². The van der Waals surface area contributed by atoms with Crippen molar-refractivity contribution >= 4 is 25.7 Å². The number of nitro groups is 1. The maximum atomic E-state index is 12.4. The van der Waals surface area contributed by atoms with Gasteiger partial charge in [-0.3, -0.25) is 10.1 Å². The lowest BCUT2D eigenvalue weighted by Gasteiger charge is -2.18. The third-order valence-corrected chi connectivity index (χ3v) is 5.78. The minimum absolute atomic E-state index is 0.147. The van der Waals surface area contributed by atoms with E-state index in [0.717, 1.165) is 36.1 Å². The maximum absolute atomic E-state index is 12.4. The third-order valence-electron chi connectivity index (χ3n) is 3.58. The van der Waals surface area contributed by atoms with Crippen molar-refractivity contribution in [2.75, 3.05) is 12.8 Å². The van der Waals surface area contributed by atoms with E-state index in [1.54, 1.807) is 12.1 Å². The van der Waals surface area contributed by atoms with Crippen molar-refractivity contribution in [2.45, 2.75) is 17.4 Å². The molecule has 0 aliphatic carbocycles. The van der Waals surface area contributed by atoms with Gasteiger partial charge in [0.1, 0.15) is 0 Å². The molecule has 27 heavy (non-hydrogen) atoms. The van der Waals surface area contributed by atoms with Gasteiger partial charge in [0.15, 0.2) is 0 Å². The van der Waals surface area contributed by atoms with Crippen molar-refractivity contribution in [2.24, 2.45) is 0 Å².